The van der Waals surface area contributed by atoms with Crippen LogP contribution in [0.4, 0.5) is 0 Å². The lowest BCUT2D eigenvalue weighted by molar-refractivity contribution is 0.463. The van der Waals surface area contributed by atoms with Gasteiger partial charge in [-0.3, -0.25) is 0 Å². The van der Waals surface area contributed by atoms with Crippen molar-refractivity contribution in [2.24, 2.45) is 0 Å². The van der Waals surface area contributed by atoms with Gasteiger partial charge in [0, 0.05) is 18.1 Å². The van der Waals surface area contributed by atoms with Crippen LogP contribution in [-0.4, -0.2) is 18.1 Å². The van der Waals surface area contributed by atoms with Crippen molar-refractivity contribution in [2.45, 2.75) is 0 Å². The van der Waals surface area contributed by atoms with Crippen LogP contribution in [-0.2, 0) is 16.3 Å². The lowest BCUT2D eigenvalue weighted by Gasteiger charge is -2.27. The number of thioether (sulfide) groups is 1. The first-order valence-corrected chi connectivity index (χ1v) is 6.23. The molecule has 0 atom stereocenters. The highest BCUT2D eigenvalue weighted by Gasteiger charge is 2.24. The first-order chi connectivity index (χ1) is 3.27. The Morgan fingerprint density at radius 1 is 1.71 bits per heavy atom. The Morgan fingerprint density at radius 2 is 2.29 bits per heavy atom. The van der Waals surface area contributed by atoms with E-state index in [0.717, 1.165) is 11.0 Å². The Hall–Kier alpha value is 0.960. The van der Waals surface area contributed by atoms with Gasteiger partial charge in [0.25, 0.3) is 0 Å². The molecule has 1 aliphatic heterocycles. The van der Waals surface area contributed by atoms with E-state index in [0.29, 0.717) is 0 Å². The molecule has 1 aliphatic rings. The molecule has 0 aromatic carbocycles. The fourth-order valence-electron chi connectivity index (χ4n) is 0.346. The van der Waals surface area contributed by atoms with Gasteiger partial charge in [0.15, 0.2) is 0 Å². The van der Waals surface area contributed by atoms with Crippen molar-refractivity contribution in [3.63, 3.8) is 0 Å². The Morgan fingerprint density at radius 3 is 2.29 bits per heavy atom. The fourth-order valence-corrected chi connectivity index (χ4v) is 4.45. The summed E-state index contributed by atoms with van der Waals surface area (Å²) in [6.45, 7) is 0. The average Bonchev–Trinajstić information content (AvgIpc) is 1.61. The Bertz CT molecular complexity index is 97.2. The largest absolute Gasteiger partial charge is 0.352 e. The van der Waals surface area contributed by atoms with Crippen molar-refractivity contribution in [3.8, 4) is 0 Å². The monoisotopic (exact) mass is 154 g/mol. The van der Waals surface area contributed by atoms with Gasteiger partial charge in [0.1, 0.15) is 0 Å². The van der Waals surface area contributed by atoms with Gasteiger partial charge < -0.3 is 4.52 Å². The molecule has 7 heavy (non-hydrogen) atoms. The van der Waals surface area contributed by atoms with E-state index in [-0.39, 0.29) is 0 Å². The topological polar surface area (TPSA) is 9.23 Å². The highest BCUT2D eigenvalue weighted by Crippen LogP contribution is 2.61. The summed E-state index contributed by atoms with van der Waals surface area (Å²) in [6, 6.07) is 0. The van der Waals surface area contributed by atoms with E-state index in [9.17, 15) is 0 Å². The standard InChI is InChI=1S/C3H7OPS2/c1-4-5(6)2-7-3-5/h2-3H2,1H3. The van der Waals surface area contributed by atoms with E-state index in [1.807, 2.05) is 11.8 Å². The van der Waals surface area contributed by atoms with Gasteiger partial charge in [0.2, 0.25) is 0 Å². The van der Waals surface area contributed by atoms with Gasteiger partial charge in [-0.2, -0.15) is 0 Å². The maximum Gasteiger partial charge on any atom is 0.0857 e. The number of hydrogen-bond acceptors (Lipinski definition) is 3. The molecule has 0 radical (unpaired) electrons. The third-order valence-electron chi connectivity index (χ3n) is 0.909. The van der Waals surface area contributed by atoms with Crippen molar-refractivity contribution in [1.29, 1.82) is 0 Å². The van der Waals surface area contributed by atoms with Crippen molar-refractivity contribution in [2.75, 3.05) is 18.1 Å². The molecule has 4 heteroatoms. The smallest absolute Gasteiger partial charge is 0.0857 e. The molecule has 0 bridgehead atoms. The van der Waals surface area contributed by atoms with Crippen LogP contribution in [0.3, 0.4) is 0 Å². The lowest BCUT2D eigenvalue weighted by Crippen LogP contribution is -2.01. The van der Waals surface area contributed by atoms with E-state index in [1.165, 1.54) is 0 Å². The molecule has 0 aromatic rings. The zero-order valence-electron chi connectivity index (χ0n) is 4.09. The van der Waals surface area contributed by atoms with Crippen molar-refractivity contribution in [3.05, 3.63) is 0 Å². The molecule has 1 saturated heterocycles. The lowest BCUT2D eigenvalue weighted by atomic mass is 11.8. The van der Waals surface area contributed by atoms with Crippen LogP contribution in [0.5, 0.6) is 0 Å². The maximum absolute atomic E-state index is 5.10. The summed E-state index contributed by atoms with van der Waals surface area (Å²) < 4.78 is 5.08. The summed E-state index contributed by atoms with van der Waals surface area (Å²) in [5, 5.41) is 0. The second-order valence-corrected chi connectivity index (χ2v) is 7.92. The molecule has 0 aliphatic carbocycles. The summed E-state index contributed by atoms with van der Waals surface area (Å²) in [7, 11) is 1.72. The summed E-state index contributed by atoms with van der Waals surface area (Å²) in [4.78, 5) is 0. The maximum atomic E-state index is 5.10. The van der Waals surface area contributed by atoms with Crippen molar-refractivity contribution >= 4 is 29.8 Å². The van der Waals surface area contributed by atoms with E-state index in [2.05, 4.69) is 0 Å². The molecule has 1 fully saturated rings. The molecule has 0 spiro atoms. The highest BCUT2D eigenvalue weighted by molar-refractivity contribution is 8.31. The third kappa shape index (κ3) is 1.20. The van der Waals surface area contributed by atoms with Gasteiger partial charge in [-0.15, -0.1) is 11.8 Å². The Labute approximate surface area is 52.9 Å². The molecule has 0 unspecified atom stereocenters. The van der Waals surface area contributed by atoms with Gasteiger partial charge in [0.05, 0.1) is 6.26 Å². The van der Waals surface area contributed by atoms with Gasteiger partial charge in [-0.25, -0.2) is 0 Å². The molecule has 1 rings (SSSR count). The molecular formula is C3H7OPS2. The summed E-state index contributed by atoms with van der Waals surface area (Å²) in [5.74, 6) is 0. The van der Waals surface area contributed by atoms with E-state index in [1.54, 1.807) is 7.11 Å². The molecule has 42 valence electrons. The van der Waals surface area contributed by atoms with E-state index < -0.39 is 6.26 Å². The zero-order valence-corrected chi connectivity index (χ0v) is 6.61. The number of hydrogen-bond donors (Lipinski definition) is 0. The minimum absolute atomic E-state index is 1.10. The number of rotatable bonds is 1. The van der Waals surface area contributed by atoms with Crippen molar-refractivity contribution in [1.82, 2.24) is 0 Å². The molecule has 0 N–H and O–H groups in total. The van der Waals surface area contributed by atoms with Crippen LogP contribution in [0.1, 0.15) is 0 Å². The molecule has 0 amide bonds. The molecule has 1 nitrogen and oxygen atoms in total. The zero-order chi connectivity index (χ0) is 5.33. The third-order valence-corrected chi connectivity index (χ3v) is 8.53. The minimum atomic E-state index is -1.18. The summed E-state index contributed by atoms with van der Waals surface area (Å²) in [6.07, 6.45) is -1.18. The van der Waals surface area contributed by atoms with Crippen LogP contribution in [0.15, 0.2) is 0 Å². The second-order valence-electron chi connectivity index (χ2n) is 1.46. The van der Waals surface area contributed by atoms with Crippen LogP contribution >= 0.6 is 18.0 Å². The summed E-state index contributed by atoms with van der Waals surface area (Å²) in [5.41, 5.74) is 2.19. The molecule has 0 saturated carbocycles. The Balaban J connectivity index is 2.45. The predicted molar refractivity (Wildman–Crippen MR) is 38.6 cm³/mol. The first kappa shape index (κ1) is 6.09. The van der Waals surface area contributed by atoms with Crippen LogP contribution in [0, 0.1) is 0 Å². The van der Waals surface area contributed by atoms with E-state index in [4.69, 9.17) is 16.3 Å². The van der Waals surface area contributed by atoms with Gasteiger partial charge in [-0.1, -0.05) is 11.8 Å². The van der Waals surface area contributed by atoms with Crippen LogP contribution < -0.4 is 0 Å². The van der Waals surface area contributed by atoms with Crippen LogP contribution in [0.2, 0.25) is 0 Å². The molecule has 1 heterocycles. The SMILES string of the molecule is COP1(=S)CSC1. The minimum Gasteiger partial charge on any atom is -0.352 e. The van der Waals surface area contributed by atoms with Gasteiger partial charge >= 0.3 is 0 Å². The normalized spacial score (nSPS) is 26.4. The van der Waals surface area contributed by atoms with Gasteiger partial charge in [-0.05, 0) is 0 Å². The van der Waals surface area contributed by atoms with Crippen LogP contribution in [0.25, 0.3) is 0 Å². The second kappa shape index (κ2) is 2.06. The average molecular weight is 154 g/mol. The fraction of sp³-hybridized carbons (Fsp3) is 1.00. The highest BCUT2D eigenvalue weighted by atomic mass is 32.5. The molecular weight excluding hydrogens is 147 g/mol. The predicted octanol–water partition coefficient (Wildman–Crippen LogP) is 1.69. The quantitative estimate of drug-likeness (QED) is 0.532. The summed E-state index contributed by atoms with van der Waals surface area (Å²) >= 11 is 6.99. The van der Waals surface area contributed by atoms with Crippen molar-refractivity contribution < 1.29 is 4.52 Å². The molecule has 0 aromatic heterocycles. The Kier molecular flexibility index (Phi) is 1.79. The van der Waals surface area contributed by atoms with E-state index >= 15 is 0 Å². The first-order valence-electron chi connectivity index (χ1n) is 1.98.